The fraction of sp³-hybridized carbons (Fsp3) is 0.471. The third-order valence-corrected chi connectivity index (χ3v) is 9.32. The number of amidine groups is 1. The van der Waals surface area contributed by atoms with Gasteiger partial charge in [-0.05, 0) is 67.6 Å². The highest BCUT2D eigenvalue weighted by Gasteiger charge is 2.32. The van der Waals surface area contributed by atoms with Gasteiger partial charge in [-0.3, -0.25) is 9.36 Å². The van der Waals surface area contributed by atoms with Crippen molar-refractivity contribution in [3.8, 4) is 11.1 Å². The van der Waals surface area contributed by atoms with Crippen molar-refractivity contribution >= 4 is 11.6 Å². The van der Waals surface area contributed by atoms with E-state index in [1.54, 1.807) is 6.33 Å². The molecule has 0 radical (unpaired) electrons. The van der Waals surface area contributed by atoms with Gasteiger partial charge in [-0.15, -0.1) is 0 Å². The molecule has 0 spiro atoms. The second kappa shape index (κ2) is 12.7. The van der Waals surface area contributed by atoms with Crippen LogP contribution in [0.5, 0.6) is 0 Å². The van der Waals surface area contributed by atoms with E-state index in [1.165, 1.54) is 0 Å². The zero-order chi connectivity index (χ0) is 30.9. The number of nitrogens with zero attached hydrogens (tertiary/aromatic N) is 5. The number of hydrogen-bond acceptors (Lipinski definition) is 9. The maximum absolute atomic E-state index is 14.3. The Bertz CT molecular complexity index is 1740. The highest BCUT2D eigenvalue weighted by atomic mass is 16.7. The molecule has 11 heteroatoms. The molecule has 1 aliphatic heterocycles. The topological polar surface area (TPSA) is 136 Å². The molecule has 2 fully saturated rings. The number of benzene rings is 2. The van der Waals surface area contributed by atoms with Crippen LogP contribution in [0.2, 0.25) is 0 Å². The van der Waals surface area contributed by atoms with Crippen LogP contribution in [0.3, 0.4) is 0 Å². The van der Waals surface area contributed by atoms with E-state index in [1.807, 2.05) is 33.3 Å². The summed E-state index contributed by atoms with van der Waals surface area (Å²) in [6, 6.07) is 16.1. The molecule has 2 aromatic carbocycles. The number of aliphatic hydroxyl groups excluding tert-OH is 2. The van der Waals surface area contributed by atoms with E-state index in [9.17, 15) is 15.0 Å². The van der Waals surface area contributed by atoms with Gasteiger partial charge in [0, 0.05) is 23.6 Å². The van der Waals surface area contributed by atoms with Gasteiger partial charge in [-0.1, -0.05) is 67.0 Å². The first-order valence-corrected chi connectivity index (χ1v) is 16.1. The molecule has 0 amide bonds. The summed E-state index contributed by atoms with van der Waals surface area (Å²) in [5.41, 5.74) is 5.46. The van der Waals surface area contributed by atoms with Gasteiger partial charge < -0.3 is 25.1 Å². The first kappa shape index (κ1) is 29.6. The van der Waals surface area contributed by atoms with Crippen LogP contribution in [0.1, 0.15) is 80.3 Å². The lowest BCUT2D eigenvalue weighted by atomic mass is 9.92. The van der Waals surface area contributed by atoms with E-state index in [4.69, 9.17) is 9.57 Å². The summed E-state index contributed by atoms with van der Waals surface area (Å²) in [6.45, 7) is 2.51. The minimum atomic E-state index is -1.16. The molecular weight excluding hydrogens is 572 g/mol. The second-order valence-corrected chi connectivity index (χ2v) is 12.5. The number of ether oxygens (including phenoxy) is 1. The maximum atomic E-state index is 14.3. The van der Waals surface area contributed by atoms with Crippen LogP contribution in [0.4, 0.5) is 0 Å². The minimum absolute atomic E-state index is 0.00535. The maximum Gasteiger partial charge on any atom is 0.304 e. The summed E-state index contributed by atoms with van der Waals surface area (Å²) >= 11 is 0. The summed E-state index contributed by atoms with van der Waals surface area (Å²) in [6.07, 6.45) is 7.73. The molecule has 2 aliphatic carbocycles. The molecule has 2 unspecified atom stereocenters. The van der Waals surface area contributed by atoms with Crippen LogP contribution in [0.25, 0.3) is 16.9 Å². The number of oxime groups is 1. The van der Waals surface area contributed by atoms with Crippen molar-refractivity contribution < 1.29 is 19.8 Å². The van der Waals surface area contributed by atoms with Crippen molar-refractivity contribution in [3.05, 3.63) is 87.6 Å². The standard InChI is InChI=1S/C34H40N6O5/c1-2-5-29-28(18-21-8-10-22(11-9-21)26-6-3-4-7-27(26)31-37-34(43)45-38-31)32(42)39(33-35-20-36-40(29)33)24-14-16-25(17-15-24)44-19-30(41)23-12-13-23/h3-4,6-11,20,23-25,30,34,41,43H,2,5,12-19H2,1H3,(H,37,38)/t24-,25-,30?,34?. The van der Waals surface area contributed by atoms with Crippen LogP contribution >= 0.6 is 0 Å². The minimum Gasteiger partial charge on any atom is -0.390 e. The Morgan fingerprint density at radius 3 is 2.49 bits per heavy atom. The zero-order valence-corrected chi connectivity index (χ0v) is 25.5. The Kier molecular flexibility index (Phi) is 8.39. The Morgan fingerprint density at radius 2 is 1.80 bits per heavy atom. The van der Waals surface area contributed by atoms with Gasteiger partial charge >= 0.3 is 6.41 Å². The molecule has 7 rings (SSSR count). The molecule has 236 valence electrons. The van der Waals surface area contributed by atoms with Crippen molar-refractivity contribution in [2.24, 2.45) is 11.1 Å². The van der Waals surface area contributed by atoms with Crippen molar-refractivity contribution in [1.82, 2.24) is 24.5 Å². The average molecular weight is 613 g/mol. The third kappa shape index (κ3) is 6.12. The molecule has 3 N–H and O–H groups in total. The highest BCUT2D eigenvalue weighted by Crippen LogP contribution is 2.35. The Morgan fingerprint density at radius 1 is 1.04 bits per heavy atom. The molecule has 3 heterocycles. The first-order chi connectivity index (χ1) is 22.0. The van der Waals surface area contributed by atoms with Gasteiger partial charge in [0.1, 0.15) is 6.33 Å². The lowest BCUT2D eigenvalue weighted by molar-refractivity contribution is -0.0896. The number of aromatic nitrogens is 4. The molecule has 2 aromatic heterocycles. The van der Waals surface area contributed by atoms with E-state index >= 15 is 0 Å². The largest absolute Gasteiger partial charge is 0.390 e. The number of hydrogen-bond donors (Lipinski definition) is 3. The van der Waals surface area contributed by atoms with E-state index in [2.05, 4.69) is 51.7 Å². The summed E-state index contributed by atoms with van der Waals surface area (Å²) in [7, 11) is 0. The number of fused-ring (bicyclic) bond motifs is 1. The van der Waals surface area contributed by atoms with Crippen molar-refractivity contribution in [1.29, 1.82) is 0 Å². The summed E-state index contributed by atoms with van der Waals surface area (Å²) in [4.78, 5) is 23.8. The molecule has 2 atom stereocenters. The van der Waals surface area contributed by atoms with Gasteiger partial charge in [0.25, 0.3) is 5.56 Å². The monoisotopic (exact) mass is 612 g/mol. The molecule has 3 aliphatic rings. The SMILES string of the molecule is CCCc1c(Cc2ccc(-c3ccccc3C3=NOC(O)N3)cc2)c(=O)n([C@H]2CC[C@H](OCC(O)C3CC3)CC2)c2ncnn12. The number of aliphatic hydroxyl groups is 2. The van der Waals surface area contributed by atoms with E-state index in [-0.39, 0.29) is 23.8 Å². The fourth-order valence-electron chi connectivity index (χ4n) is 6.75. The molecule has 2 saturated carbocycles. The van der Waals surface area contributed by atoms with E-state index < -0.39 is 6.41 Å². The normalized spacial score (nSPS) is 22.2. The molecular formula is C34H40N6O5. The van der Waals surface area contributed by atoms with Crippen molar-refractivity contribution in [2.45, 2.75) is 89.4 Å². The van der Waals surface area contributed by atoms with Gasteiger partial charge in [-0.25, -0.2) is 4.52 Å². The van der Waals surface area contributed by atoms with Crippen LogP contribution in [0.15, 0.2) is 64.8 Å². The Balaban J connectivity index is 1.14. The lowest BCUT2D eigenvalue weighted by Crippen LogP contribution is -2.35. The first-order valence-electron chi connectivity index (χ1n) is 16.1. The van der Waals surface area contributed by atoms with Gasteiger partial charge in [0.2, 0.25) is 5.78 Å². The zero-order valence-electron chi connectivity index (χ0n) is 25.5. The molecule has 11 nitrogen and oxygen atoms in total. The van der Waals surface area contributed by atoms with Crippen molar-refractivity contribution in [2.75, 3.05) is 6.61 Å². The van der Waals surface area contributed by atoms with E-state index in [0.717, 1.165) is 84.9 Å². The smallest absolute Gasteiger partial charge is 0.304 e. The summed E-state index contributed by atoms with van der Waals surface area (Å²) in [5.74, 6) is 1.48. The van der Waals surface area contributed by atoms with Gasteiger partial charge in [0.15, 0.2) is 5.84 Å². The summed E-state index contributed by atoms with van der Waals surface area (Å²) in [5, 5.41) is 31.3. The van der Waals surface area contributed by atoms with Crippen LogP contribution < -0.4 is 10.9 Å². The molecule has 0 bridgehead atoms. The highest BCUT2D eigenvalue weighted by molar-refractivity contribution is 6.04. The van der Waals surface area contributed by atoms with Crippen LogP contribution in [-0.4, -0.2) is 60.4 Å². The average Bonchev–Trinajstić information content (AvgIpc) is 3.66. The predicted octanol–water partition coefficient (Wildman–Crippen LogP) is 3.93. The second-order valence-electron chi connectivity index (χ2n) is 12.5. The fourth-order valence-corrected chi connectivity index (χ4v) is 6.75. The summed E-state index contributed by atoms with van der Waals surface area (Å²) < 4.78 is 9.81. The Hall–Kier alpha value is -4.06. The molecule has 0 saturated heterocycles. The lowest BCUT2D eigenvalue weighted by Gasteiger charge is -2.31. The van der Waals surface area contributed by atoms with Gasteiger partial charge in [-0.2, -0.15) is 10.1 Å². The molecule has 4 aromatic rings. The van der Waals surface area contributed by atoms with Crippen LogP contribution in [-0.2, 0) is 22.4 Å². The van der Waals surface area contributed by atoms with Gasteiger partial charge in [0.05, 0.1) is 24.5 Å². The van der Waals surface area contributed by atoms with Crippen molar-refractivity contribution in [3.63, 3.8) is 0 Å². The van der Waals surface area contributed by atoms with Crippen LogP contribution in [0, 0.1) is 5.92 Å². The van der Waals surface area contributed by atoms with E-state index in [0.29, 0.717) is 30.6 Å². The Labute approximate surface area is 261 Å². The molecule has 45 heavy (non-hydrogen) atoms. The number of rotatable bonds is 11. The third-order valence-electron chi connectivity index (χ3n) is 9.32. The number of nitrogens with one attached hydrogen (secondary N) is 1. The predicted molar refractivity (Wildman–Crippen MR) is 169 cm³/mol. The quantitative estimate of drug-likeness (QED) is 0.232. The number of aryl methyl sites for hydroxylation is 1.